The van der Waals surface area contributed by atoms with Crippen molar-refractivity contribution in [1.29, 1.82) is 0 Å². The first-order valence-corrected chi connectivity index (χ1v) is 13.2. The number of aromatic hydroxyl groups is 1. The molecule has 42 heavy (non-hydrogen) atoms. The largest absolute Gasteiger partial charge is 0.573 e. The highest BCUT2D eigenvalue weighted by atomic mass is 19.4. The second-order valence-corrected chi connectivity index (χ2v) is 9.89. The molecule has 4 aromatic rings. The zero-order valence-corrected chi connectivity index (χ0v) is 22.1. The Morgan fingerprint density at radius 2 is 1.74 bits per heavy atom. The zero-order valence-electron chi connectivity index (χ0n) is 22.1. The highest BCUT2D eigenvalue weighted by Crippen LogP contribution is 2.38. The molecule has 1 fully saturated rings. The number of carbonyl (C=O) groups is 2. The molecule has 0 aliphatic heterocycles. The van der Waals surface area contributed by atoms with Crippen molar-refractivity contribution < 1.29 is 37.0 Å². The van der Waals surface area contributed by atoms with Crippen molar-refractivity contribution in [3.63, 3.8) is 0 Å². The third-order valence-corrected chi connectivity index (χ3v) is 6.92. The minimum atomic E-state index is -4.84. The van der Waals surface area contributed by atoms with Gasteiger partial charge >= 0.3 is 12.4 Å². The summed E-state index contributed by atoms with van der Waals surface area (Å²) in [6.45, 7) is 0.105. The van der Waals surface area contributed by atoms with Crippen LogP contribution in [0.15, 0.2) is 72.8 Å². The van der Waals surface area contributed by atoms with Gasteiger partial charge in [0.2, 0.25) is 0 Å². The van der Waals surface area contributed by atoms with E-state index in [-0.39, 0.29) is 29.5 Å². The number of nitrogens with zero attached hydrogens (tertiary/aromatic N) is 2. The number of ether oxygens (including phenoxy) is 1. The summed E-state index contributed by atoms with van der Waals surface area (Å²) in [5.41, 5.74) is 2.30. The Balaban J connectivity index is 1.32. The number of amides is 2. The van der Waals surface area contributed by atoms with E-state index in [4.69, 9.17) is 0 Å². The third kappa shape index (κ3) is 6.88. The van der Waals surface area contributed by atoms with Crippen LogP contribution in [0.4, 0.5) is 28.0 Å². The predicted molar refractivity (Wildman–Crippen MR) is 146 cm³/mol. The van der Waals surface area contributed by atoms with Crippen molar-refractivity contribution in [3.05, 3.63) is 95.4 Å². The summed E-state index contributed by atoms with van der Waals surface area (Å²) in [7, 11) is 0. The van der Waals surface area contributed by atoms with E-state index in [0.717, 1.165) is 37.8 Å². The van der Waals surface area contributed by atoms with Crippen LogP contribution in [0.1, 0.15) is 53.2 Å². The highest BCUT2D eigenvalue weighted by Gasteiger charge is 2.31. The van der Waals surface area contributed by atoms with Crippen LogP contribution in [0.2, 0.25) is 0 Å². The fourth-order valence-electron chi connectivity index (χ4n) is 4.94. The molecule has 0 saturated heterocycles. The highest BCUT2D eigenvalue weighted by molar-refractivity contribution is 6.04. The topological polar surface area (TPSA) is 105 Å². The van der Waals surface area contributed by atoms with E-state index in [1.807, 2.05) is 0 Å². The number of alkyl halides is 3. The van der Waals surface area contributed by atoms with Gasteiger partial charge in [0.15, 0.2) is 0 Å². The van der Waals surface area contributed by atoms with Gasteiger partial charge in [0.05, 0.1) is 11.4 Å². The monoisotopic (exact) mass is 582 g/mol. The van der Waals surface area contributed by atoms with E-state index in [9.17, 15) is 32.3 Å². The van der Waals surface area contributed by atoms with E-state index in [1.165, 1.54) is 41.1 Å². The van der Waals surface area contributed by atoms with Gasteiger partial charge in [-0.05, 0) is 73.0 Å². The molecule has 1 saturated carbocycles. The van der Waals surface area contributed by atoms with Crippen LogP contribution in [-0.4, -0.2) is 33.2 Å². The number of benzene rings is 3. The number of phenolic OH excluding ortho intramolecular Hbond substituents is 1. The summed E-state index contributed by atoms with van der Waals surface area (Å²) in [4.78, 5) is 25.7. The number of phenols is 1. The molecule has 3 aromatic carbocycles. The summed E-state index contributed by atoms with van der Waals surface area (Å²) >= 11 is 0. The Morgan fingerprint density at radius 1 is 1.00 bits per heavy atom. The van der Waals surface area contributed by atoms with E-state index >= 15 is 0 Å². The number of hydrogen-bond acceptors (Lipinski definition) is 5. The second-order valence-electron chi connectivity index (χ2n) is 9.89. The molecule has 3 N–H and O–H groups in total. The van der Waals surface area contributed by atoms with Gasteiger partial charge in [-0.2, -0.15) is 9.78 Å². The van der Waals surface area contributed by atoms with Gasteiger partial charge in [0.1, 0.15) is 17.3 Å². The Morgan fingerprint density at radius 3 is 2.40 bits per heavy atom. The number of anilines is 1. The van der Waals surface area contributed by atoms with Crippen molar-refractivity contribution in [2.75, 3.05) is 5.32 Å². The SMILES string of the molecule is O=C(Nc1ccc(-c2cc(C3CCCC3)n(C(=O)NCc3cccc(F)c3)n2)c(O)c1)c1ccc(OC(F)(F)F)cc1. The molecule has 2 amide bonds. The molecule has 12 heteroatoms. The average molecular weight is 583 g/mol. The number of aromatic nitrogens is 2. The molecule has 1 aliphatic rings. The lowest BCUT2D eigenvalue weighted by atomic mass is 10.0. The van der Waals surface area contributed by atoms with Gasteiger partial charge in [-0.3, -0.25) is 4.79 Å². The molecule has 1 aromatic heterocycles. The molecule has 218 valence electrons. The smallest absolute Gasteiger partial charge is 0.507 e. The Bertz CT molecular complexity index is 1600. The molecule has 0 spiro atoms. The maximum atomic E-state index is 13.5. The van der Waals surface area contributed by atoms with Crippen LogP contribution in [0, 0.1) is 5.82 Å². The summed E-state index contributed by atoms with van der Waals surface area (Å²) in [6, 6.07) is 16.0. The molecule has 0 unspecified atom stereocenters. The van der Waals surface area contributed by atoms with Crippen molar-refractivity contribution in [1.82, 2.24) is 15.1 Å². The average Bonchev–Trinajstić information content (AvgIpc) is 3.62. The minimum Gasteiger partial charge on any atom is -0.507 e. The molecular weight excluding hydrogens is 556 g/mol. The van der Waals surface area contributed by atoms with Crippen LogP contribution in [0.25, 0.3) is 11.3 Å². The van der Waals surface area contributed by atoms with Gasteiger partial charge < -0.3 is 20.5 Å². The van der Waals surface area contributed by atoms with Gasteiger partial charge in [-0.1, -0.05) is 25.0 Å². The minimum absolute atomic E-state index is 0.0808. The summed E-state index contributed by atoms with van der Waals surface area (Å²) in [6.07, 6.45) is -1.02. The zero-order chi connectivity index (χ0) is 29.9. The van der Waals surface area contributed by atoms with E-state index in [1.54, 1.807) is 24.3 Å². The molecule has 1 aliphatic carbocycles. The van der Waals surface area contributed by atoms with E-state index in [2.05, 4.69) is 20.5 Å². The molecular formula is C30H26F4N4O4. The maximum absolute atomic E-state index is 13.5. The van der Waals surface area contributed by atoms with Crippen molar-refractivity contribution >= 4 is 17.6 Å². The third-order valence-electron chi connectivity index (χ3n) is 6.92. The van der Waals surface area contributed by atoms with Crippen LogP contribution in [-0.2, 0) is 6.54 Å². The Kier molecular flexibility index (Phi) is 8.14. The van der Waals surface area contributed by atoms with E-state index < -0.39 is 29.9 Å². The fourth-order valence-corrected chi connectivity index (χ4v) is 4.94. The van der Waals surface area contributed by atoms with Crippen molar-refractivity contribution in [3.8, 4) is 22.8 Å². The van der Waals surface area contributed by atoms with Gasteiger partial charge in [0, 0.05) is 35.3 Å². The number of hydrogen-bond donors (Lipinski definition) is 3. The lowest BCUT2D eigenvalue weighted by Crippen LogP contribution is -2.30. The molecule has 8 nitrogen and oxygen atoms in total. The molecule has 0 bridgehead atoms. The lowest BCUT2D eigenvalue weighted by Gasteiger charge is -2.12. The maximum Gasteiger partial charge on any atom is 0.573 e. The van der Waals surface area contributed by atoms with Gasteiger partial charge in [0.25, 0.3) is 5.91 Å². The first-order valence-electron chi connectivity index (χ1n) is 13.2. The first-order chi connectivity index (χ1) is 20.1. The number of halogens is 4. The quantitative estimate of drug-likeness (QED) is 0.204. The van der Waals surface area contributed by atoms with E-state index in [0.29, 0.717) is 22.5 Å². The lowest BCUT2D eigenvalue weighted by molar-refractivity contribution is -0.274. The number of rotatable bonds is 7. The Hall–Kier alpha value is -4.87. The molecule has 0 atom stereocenters. The first kappa shape index (κ1) is 28.7. The fraction of sp³-hybridized carbons (Fsp3) is 0.233. The standard InChI is InChI=1S/C30H26F4N4O4/c31-21-7-3-4-18(14-21)17-35-29(41)38-26(19-5-1-2-6-19)16-25(37-38)24-13-10-22(15-27(24)39)36-28(40)20-8-11-23(12-9-20)42-30(32,33)34/h3-4,7-16,19,39H,1-2,5-6,17H2,(H,35,41)(H,36,40). The van der Waals surface area contributed by atoms with Crippen molar-refractivity contribution in [2.24, 2.45) is 0 Å². The number of carbonyl (C=O) groups excluding carboxylic acids is 2. The molecule has 1 heterocycles. The number of nitrogens with one attached hydrogen (secondary N) is 2. The summed E-state index contributed by atoms with van der Waals surface area (Å²) in [5, 5.41) is 20.6. The van der Waals surface area contributed by atoms with Crippen molar-refractivity contribution in [2.45, 2.75) is 44.5 Å². The second kappa shape index (κ2) is 11.9. The van der Waals surface area contributed by atoms with Gasteiger partial charge in [-0.15, -0.1) is 13.2 Å². The van der Waals surface area contributed by atoms with Crippen LogP contribution in [0.3, 0.4) is 0 Å². The normalized spacial score (nSPS) is 13.6. The summed E-state index contributed by atoms with van der Waals surface area (Å²) < 4.78 is 55.8. The molecule has 0 radical (unpaired) electrons. The Labute approximate surface area is 237 Å². The van der Waals surface area contributed by atoms with Crippen LogP contribution < -0.4 is 15.4 Å². The predicted octanol–water partition coefficient (Wildman–Crippen LogP) is 6.96. The summed E-state index contributed by atoms with van der Waals surface area (Å²) in [5.74, 6) is -1.56. The van der Waals surface area contributed by atoms with Gasteiger partial charge in [-0.25, -0.2) is 9.18 Å². The van der Waals surface area contributed by atoms with Crippen LogP contribution in [0.5, 0.6) is 11.5 Å². The van der Waals surface area contributed by atoms with Crippen LogP contribution >= 0.6 is 0 Å². The molecule has 5 rings (SSSR count).